The third-order valence-corrected chi connectivity index (χ3v) is 2.08. The van der Waals surface area contributed by atoms with Crippen LogP contribution in [0.4, 0.5) is 0 Å². The smallest absolute Gasteiger partial charge is 0.100 e. The Labute approximate surface area is 66.4 Å². The van der Waals surface area contributed by atoms with Gasteiger partial charge in [-0.3, -0.25) is 0 Å². The molecule has 1 unspecified atom stereocenters. The highest BCUT2D eigenvalue weighted by atomic mass is 15.2. The molecule has 3 nitrogen and oxygen atoms in total. The van der Waals surface area contributed by atoms with E-state index in [1.807, 2.05) is 18.7 Å². The van der Waals surface area contributed by atoms with Crippen molar-refractivity contribution in [3.05, 3.63) is 18.7 Å². The van der Waals surface area contributed by atoms with Crippen LogP contribution < -0.4 is 5.32 Å². The SMILES string of the molecule is c1cn(C2CCCC[N]2)cn1. The molecule has 1 aliphatic rings. The lowest BCUT2D eigenvalue weighted by molar-refractivity contribution is 0.313. The van der Waals surface area contributed by atoms with Crippen LogP contribution in [0, 0.1) is 0 Å². The minimum absolute atomic E-state index is 0.367. The minimum atomic E-state index is 0.367. The summed E-state index contributed by atoms with van der Waals surface area (Å²) >= 11 is 0. The summed E-state index contributed by atoms with van der Waals surface area (Å²) in [5.41, 5.74) is 0. The maximum absolute atomic E-state index is 4.49. The Kier molecular flexibility index (Phi) is 1.90. The molecule has 1 aromatic rings. The summed E-state index contributed by atoms with van der Waals surface area (Å²) in [5, 5.41) is 4.49. The molecular formula is C8H12N3. The summed E-state index contributed by atoms with van der Waals surface area (Å²) in [4.78, 5) is 4.00. The quantitative estimate of drug-likeness (QED) is 0.591. The maximum atomic E-state index is 4.49. The summed E-state index contributed by atoms with van der Waals surface area (Å²) in [7, 11) is 0. The van der Waals surface area contributed by atoms with Gasteiger partial charge in [-0.15, -0.1) is 0 Å². The highest BCUT2D eigenvalue weighted by molar-refractivity contribution is 4.80. The number of rotatable bonds is 1. The molecule has 1 aromatic heterocycles. The monoisotopic (exact) mass is 150 g/mol. The second-order valence-corrected chi connectivity index (χ2v) is 2.89. The van der Waals surface area contributed by atoms with E-state index in [9.17, 15) is 0 Å². The first-order chi connectivity index (χ1) is 5.47. The van der Waals surface area contributed by atoms with E-state index in [-0.39, 0.29) is 0 Å². The van der Waals surface area contributed by atoms with E-state index in [1.54, 1.807) is 0 Å². The van der Waals surface area contributed by atoms with E-state index in [0.29, 0.717) is 6.17 Å². The van der Waals surface area contributed by atoms with Crippen LogP contribution in [0.2, 0.25) is 0 Å². The van der Waals surface area contributed by atoms with Crippen molar-refractivity contribution >= 4 is 0 Å². The van der Waals surface area contributed by atoms with Gasteiger partial charge in [-0.1, -0.05) is 0 Å². The molecule has 59 valence electrons. The molecule has 1 atom stereocenters. The van der Waals surface area contributed by atoms with Crippen molar-refractivity contribution in [1.82, 2.24) is 14.9 Å². The van der Waals surface area contributed by atoms with Gasteiger partial charge in [0.25, 0.3) is 0 Å². The number of hydrogen-bond donors (Lipinski definition) is 0. The van der Waals surface area contributed by atoms with Gasteiger partial charge in [-0.25, -0.2) is 10.3 Å². The molecule has 11 heavy (non-hydrogen) atoms. The molecular weight excluding hydrogens is 138 g/mol. The maximum Gasteiger partial charge on any atom is 0.100 e. The van der Waals surface area contributed by atoms with Gasteiger partial charge in [-0.05, 0) is 19.3 Å². The Bertz CT molecular complexity index is 199. The third kappa shape index (κ3) is 1.43. The standard InChI is InChI=1S/C8H12N3/c1-2-4-10-8(3-1)11-6-5-9-7-11/h5-8H,1-4H2. The van der Waals surface area contributed by atoms with Crippen molar-refractivity contribution < 1.29 is 0 Å². The number of hydrogen-bond acceptors (Lipinski definition) is 1. The van der Waals surface area contributed by atoms with Crippen LogP contribution in [0.3, 0.4) is 0 Å². The van der Waals surface area contributed by atoms with Crippen LogP contribution in [0.25, 0.3) is 0 Å². The molecule has 0 bridgehead atoms. The Morgan fingerprint density at radius 3 is 3.00 bits per heavy atom. The van der Waals surface area contributed by atoms with Crippen LogP contribution in [-0.4, -0.2) is 16.1 Å². The predicted octanol–water partition coefficient (Wildman–Crippen LogP) is 1.17. The summed E-state index contributed by atoms with van der Waals surface area (Å²) in [6, 6.07) is 0. The summed E-state index contributed by atoms with van der Waals surface area (Å²) in [6.07, 6.45) is 9.74. The normalized spacial score (nSPS) is 25.3. The van der Waals surface area contributed by atoms with Gasteiger partial charge in [0.05, 0.1) is 6.33 Å². The molecule has 1 aliphatic heterocycles. The van der Waals surface area contributed by atoms with Crippen LogP contribution >= 0.6 is 0 Å². The molecule has 0 saturated carbocycles. The first-order valence-electron chi connectivity index (χ1n) is 4.11. The minimum Gasteiger partial charge on any atom is -0.320 e. The highest BCUT2D eigenvalue weighted by Gasteiger charge is 2.13. The van der Waals surface area contributed by atoms with Crippen molar-refractivity contribution in [2.75, 3.05) is 6.54 Å². The number of aromatic nitrogens is 2. The lowest BCUT2D eigenvalue weighted by Gasteiger charge is -2.22. The Hall–Kier alpha value is -0.830. The second-order valence-electron chi connectivity index (χ2n) is 2.89. The van der Waals surface area contributed by atoms with Crippen LogP contribution in [0.1, 0.15) is 25.4 Å². The van der Waals surface area contributed by atoms with E-state index in [1.165, 1.54) is 19.3 Å². The Morgan fingerprint density at radius 2 is 2.36 bits per heavy atom. The fourth-order valence-corrected chi connectivity index (χ4v) is 1.46. The lowest BCUT2D eigenvalue weighted by atomic mass is 10.1. The van der Waals surface area contributed by atoms with Crippen molar-refractivity contribution in [3.8, 4) is 0 Å². The molecule has 0 N–H and O–H groups in total. The Balaban J connectivity index is 2.04. The van der Waals surface area contributed by atoms with Gasteiger partial charge in [0, 0.05) is 18.9 Å². The molecule has 0 aliphatic carbocycles. The lowest BCUT2D eigenvalue weighted by Crippen LogP contribution is -2.24. The Morgan fingerprint density at radius 1 is 1.36 bits per heavy atom. The third-order valence-electron chi connectivity index (χ3n) is 2.08. The number of piperidine rings is 1. The zero-order chi connectivity index (χ0) is 7.52. The highest BCUT2D eigenvalue weighted by Crippen LogP contribution is 2.17. The van der Waals surface area contributed by atoms with Gasteiger partial charge in [0.2, 0.25) is 0 Å². The molecule has 1 saturated heterocycles. The molecule has 0 amide bonds. The van der Waals surface area contributed by atoms with E-state index in [4.69, 9.17) is 0 Å². The number of nitrogens with zero attached hydrogens (tertiary/aromatic N) is 3. The van der Waals surface area contributed by atoms with Crippen molar-refractivity contribution in [3.63, 3.8) is 0 Å². The van der Waals surface area contributed by atoms with Crippen molar-refractivity contribution in [1.29, 1.82) is 0 Å². The zero-order valence-corrected chi connectivity index (χ0v) is 6.48. The largest absolute Gasteiger partial charge is 0.320 e. The first kappa shape index (κ1) is 6.85. The predicted molar refractivity (Wildman–Crippen MR) is 42.1 cm³/mol. The topological polar surface area (TPSA) is 31.9 Å². The van der Waals surface area contributed by atoms with Crippen molar-refractivity contribution in [2.45, 2.75) is 25.4 Å². The van der Waals surface area contributed by atoms with E-state index in [0.717, 1.165) is 6.54 Å². The molecule has 0 aromatic carbocycles. The van der Waals surface area contributed by atoms with Crippen molar-refractivity contribution in [2.24, 2.45) is 0 Å². The van der Waals surface area contributed by atoms with E-state index in [2.05, 4.69) is 14.9 Å². The fourth-order valence-electron chi connectivity index (χ4n) is 1.46. The zero-order valence-electron chi connectivity index (χ0n) is 6.48. The van der Waals surface area contributed by atoms with Gasteiger partial charge >= 0.3 is 0 Å². The molecule has 0 spiro atoms. The molecule has 2 rings (SSSR count). The molecule has 1 fully saturated rings. The summed E-state index contributed by atoms with van der Waals surface area (Å²) in [5.74, 6) is 0. The van der Waals surface area contributed by atoms with Crippen LogP contribution in [0.5, 0.6) is 0 Å². The summed E-state index contributed by atoms with van der Waals surface area (Å²) in [6.45, 7) is 1.02. The van der Waals surface area contributed by atoms with Crippen LogP contribution in [0.15, 0.2) is 18.7 Å². The van der Waals surface area contributed by atoms with Gasteiger partial charge in [0.1, 0.15) is 6.17 Å². The first-order valence-corrected chi connectivity index (χ1v) is 4.11. The molecule has 1 radical (unpaired) electrons. The second kappa shape index (κ2) is 3.05. The van der Waals surface area contributed by atoms with Crippen LogP contribution in [-0.2, 0) is 0 Å². The van der Waals surface area contributed by atoms with Gasteiger partial charge in [-0.2, -0.15) is 0 Å². The number of imidazole rings is 1. The van der Waals surface area contributed by atoms with Gasteiger partial charge < -0.3 is 4.57 Å². The van der Waals surface area contributed by atoms with E-state index >= 15 is 0 Å². The average molecular weight is 150 g/mol. The fraction of sp³-hybridized carbons (Fsp3) is 0.625. The summed E-state index contributed by atoms with van der Waals surface area (Å²) < 4.78 is 2.08. The van der Waals surface area contributed by atoms with Gasteiger partial charge in [0.15, 0.2) is 0 Å². The van der Waals surface area contributed by atoms with E-state index < -0.39 is 0 Å². The molecule has 2 heterocycles. The molecule has 3 heteroatoms. The average Bonchev–Trinajstić information content (AvgIpc) is 2.58.